The Hall–Kier alpha value is -2.34. The van der Waals surface area contributed by atoms with E-state index in [1.165, 1.54) is 0 Å². The Morgan fingerprint density at radius 2 is 2.00 bits per heavy atom. The molecule has 6 heteroatoms. The zero-order chi connectivity index (χ0) is 18.5. The number of likely N-dealkylation sites (tertiary alicyclic amines) is 1. The van der Waals surface area contributed by atoms with E-state index in [4.69, 9.17) is 0 Å². The van der Waals surface area contributed by atoms with E-state index in [9.17, 15) is 9.59 Å². The fraction of sp³-hybridized carbons (Fsp3) is 0.333. The monoisotopic (exact) mass is 425 g/mol. The van der Waals surface area contributed by atoms with Crippen LogP contribution in [0, 0.1) is 5.92 Å². The molecule has 4 heterocycles. The lowest BCUT2D eigenvalue weighted by atomic mass is 9.83. The van der Waals surface area contributed by atoms with Crippen LogP contribution in [0.2, 0.25) is 0 Å². The first-order valence-electron chi connectivity index (χ1n) is 9.30. The van der Waals surface area contributed by atoms with Crippen LogP contribution in [0.3, 0.4) is 0 Å². The van der Waals surface area contributed by atoms with Crippen molar-refractivity contribution in [1.82, 2.24) is 14.0 Å². The normalized spacial score (nSPS) is 21.3. The zero-order valence-electron chi connectivity index (χ0n) is 14.8. The second-order valence-corrected chi connectivity index (χ2v) is 8.56. The number of piperidine rings is 1. The summed E-state index contributed by atoms with van der Waals surface area (Å²) in [6.07, 6.45) is 3.04. The number of amides is 1. The van der Waals surface area contributed by atoms with Crippen molar-refractivity contribution >= 4 is 32.7 Å². The van der Waals surface area contributed by atoms with Gasteiger partial charge in [-0.05, 0) is 42.0 Å². The van der Waals surface area contributed by atoms with Crippen LogP contribution in [-0.4, -0.2) is 33.0 Å². The Morgan fingerprint density at radius 3 is 2.89 bits per heavy atom. The summed E-state index contributed by atoms with van der Waals surface area (Å²) in [5, 5.41) is 1.13. The van der Waals surface area contributed by atoms with Crippen molar-refractivity contribution in [2.75, 3.05) is 13.1 Å². The minimum Gasteiger partial charge on any atom is -0.340 e. The van der Waals surface area contributed by atoms with E-state index < -0.39 is 0 Å². The highest BCUT2D eigenvalue weighted by molar-refractivity contribution is 9.10. The molecule has 0 saturated carbocycles. The van der Waals surface area contributed by atoms with E-state index in [-0.39, 0.29) is 17.4 Å². The first-order chi connectivity index (χ1) is 13.1. The van der Waals surface area contributed by atoms with Crippen molar-refractivity contribution in [3.63, 3.8) is 0 Å². The minimum absolute atomic E-state index is 0.0753. The Labute approximate surface area is 165 Å². The molecule has 138 valence electrons. The summed E-state index contributed by atoms with van der Waals surface area (Å²) in [5.41, 5.74) is 2.21. The molecule has 5 nitrogen and oxygen atoms in total. The van der Waals surface area contributed by atoms with Gasteiger partial charge in [-0.25, -0.2) is 0 Å². The maximum absolute atomic E-state index is 13.0. The van der Waals surface area contributed by atoms with Crippen LogP contribution in [0.15, 0.2) is 57.9 Å². The smallest absolute Gasteiger partial charge is 0.250 e. The highest BCUT2D eigenvalue weighted by Gasteiger charge is 2.36. The number of hydrogen-bond donors (Lipinski definition) is 0. The summed E-state index contributed by atoms with van der Waals surface area (Å²) in [6, 6.07) is 13.7. The summed E-state index contributed by atoms with van der Waals surface area (Å²) in [6.45, 7) is 2.50. The molecule has 1 fully saturated rings. The van der Waals surface area contributed by atoms with Crippen LogP contribution in [0.4, 0.5) is 0 Å². The van der Waals surface area contributed by atoms with E-state index in [1.807, 2.05) is 44.5 Å². The molecular weight excluding hydrogens is 406 g/mol. The molecule has 5 rings (SSSR count). The number of halogens is 1. The molecule has 2 bridgehead atoms. The van der Waals surface area contributed by atoms with Gasteiger partial charge >= 0.3 is 0 Å². The van der Waals surface area contributed by atoms with Crippen molar-refractivity contribution in [3.05, 3.63) is 69.2 Å². The molecule has 2 aromatic heterocycles. The molecule has 1 amide bonds. The average molecular weight is 426 g/mol. The molecule has 0 N–H and O–H groups in total. The molecule has 1 saturated heterocycles. The molecule has 0 aliphatic carbocycles. The van der Waals surface area contributed by atoms with Gasteiger partial charge in [-0.1, -0.05) is 28.1 Å². The molecule has 0 radical (unpaired) electrons. The van der Waals surface area contributed by atoms with E-state index in [2.05, 4.69) is 28.1 Å². The van der Waals surface area contributed by atoms with Crippen LogP contribution in [0.25, 0.3) is 10.9 Å². The molecule has 2 aliphatic rings. The molecule has 0 spiro atoms. The fourth-order valence-corrected chi connectivity index (χ4v) is 4.99. The van der Waals surface area contributed by atoms with Crippen molar-refractivity contribution in [3.8, 4) is 0 Å². The highest BCUT2D eigenvalue weighted by Crippen LogP contribution is 2.35. The predicted octanol–water partition coefficient (Wildman–Crippen LogP) is 3.21. The predicted molar refractivity (Wildman–Crippen MR) is 108 cm³/mol. The third-order valence-corrected chi connectivity index (χ3v) is 6.37. The van der Waals surface area contributed by atoms with E-state index in [1.54, 1.807) is 6.07 Å². The molecule has 2 atom stereocenters. The second kappa shape index (κ2) is 6.37. The van der Waals surface area contributed by atoms with Crippen molar-refractivity contribution < 1.29 is 4.79 Å². The molecular formula is C21H20BrN3O2. The number of fused-ring (bicyclic) bond motifs is 5. The number of rotatable bonds is 2. The number of carbonyl (C=O) groups is 1. The molecule has 1 aromatic carbocycles. The quantitative estimate of drug-likeness (QED) is 0.632. The maximum Gasteiger partial charge on any atom is 0.250 e. The number of benzene rings is 1. The van der Waals surface area contributed by atoms with Gasteiger partial charge < -0.3 is 14.0 Å². The largest absolute Gasteiger partial charge is 0.340 e. The van der Waals surface area contributed by atoms with Gasteiger partial charge in [0.15, 0.2) is 0 Å². The number of carbonyl (C=O) groups excluding carboxylic acids is 1. The van der Waals surface area contributed by atoms with Crippen LogP contribution in [0.5, 0.6) is 0 Å². The number of pyridine rings is 1. The van der Waals surface area contributed by atoms with Crippen LogP contribution in [-0.2, 0) is 17.9 Å². The molecule has 1 unspecified atom stereocenters. The number of nitrogens with zero attached hydrogens (tertiary/aromatic N) is 3. The van der Waals surface area contributed by atoms with Gasteiger partial charge in [-0.15, -0.1) is 0 Å². The lowest BCUT2D eigenvalue weighted by Gasteiger charge is -2.42. The van der Waals surface area contributed by atoms with E-state index in [0.29, 0.717) is 25.6 Å². The summed E-state index contributed by atoms with van der Waals surface area (Å²) in [7, 11) is 0. The van der Waals surface area contributed by atoms with Crippen molar-refractivity contribution in [1.29, 1.82) is 0 Å². The first-order valence-corrected chi connectivity index (χ1v) is 10.1. The lowest BCUT2D eigenvalue weighted by Crippen LogP contribution is -2.49. The van der Waals surface area contributed by atoms with Crippen molar-refractivity contribution in [2.45, 2.75) is 25.4 Å². The van der Waals surface area contributed by atoms with Gasteiger partial charge in [0.1, 0.15) is 6.54 Å². The summed E-state index contributed by atoms with van der Waals surface area (Å²) in [4.78, 5) is 27.2. The van der Waals surface area contributed by atoms with Gasteiger partial charge in [0.25, 0.3) is 5.56 Å². The SMILES string of the molecule is O=C(Cn1ccc2ccc(Br)cc21)N1CC2C[C@@H](C1)Cn1c2cccc1=O. The topological polar surface area (TPSA) is 47.2 Å². The first kappa shape index (κ1) is 16.8. The Morgan fingerprint density at radius 1 is 1.11 bits per heavy atom. The standard InChI is InChI=1S/C21H20BrN3O2/c22-17-5-4-15-6-7-23(19(15)9-17)13-21(27)24-10-14-8-16(12-24)18-2-1-3-20(26)25(18)11-14/h1-7,9,14,16H,8,10-13H2/t14-,16?/m0/s1. The van der Waals surface area contributed by atoms with Crippen LogP contribution >= 0.6 is 15.9 Å². The summed E-state index contributed by atoms with van der Waals surface area (Å²) in [5.74, 6) is 0.760. The van der Waals surface area contributed by atoms with Gasteiger partial charge in [-0.2, -0.15) is 0 Å². The minimum atomic E-state index is 0.0753. The fourth-order valence-electron chi connectivity index (χ4n) is 4.64. The number of aromatic nitrogens is 2. The third kappa shape index (κ3) is 2.92. The van der Waals surface area contributed by atoms with Crippen molar-refractivity contribution in [2.24, 2.45) is 5.92 Å². The Bertz CT molecular complexity index is 1100. The van der Waals surface area contributed by atoms with E-state index >= 15 is 0 Å². The van der Waals surface area contributed by atoms with Crippen LogP contribution < -0.4 is 5.56 Å². The van der Waals surface area contributed by atoms with Gasteiger partial charge in [0.2, 0.25) is 5.91 Å². The lowest BCUT2D eigenvalue weighted by molar-refractivity contribution is -0.134. The molecule has 3 aromatic rings. The van der Waals surface area contributed by atoms with Crippen LogP contribution in [0.1, 0.15) is 18.0 Å². The third-order valence-electron chi connectivity index (χ3n) is 5.87. The van der Waals surface area contributed by atoms with E-state index in [0.717, 1.165) is 34.0 Å². The molecule has 27 heavy (non-hydrogen) atoms. The zero-order valence-corrected chi connectivity index (χ0v) is 16.4. The Balaban J connectivity index is 1.39. The average Bonchev–Trinajstić information content (AvgIpc) is 3.04. The summed E-state index contributed by atoms with van der Waals surface area (Å²) < 4.78 is 4.93. The van der Waals surface area contributed by atoms with Gasteiger partial charge in [-0.3, -0.25) is 9.59 Å². The van der Waals surface area contributed by atoms with Gasteiger partial charge in [0, 0.05) is 53.5 Å². The second-order valence-electron chi connectivity index (χ2n) is 7.64. The highest BCUT2D eigenvalue weighted by atomic mass is 79.9. The number of hydrogen-bond acceptors (Lipinski definition) is 2. The summed E-state index contributed by atoms with van der Waals surface area (Å²) >= 11 is 3.51. The maximum atomic E-state index is 13.0. The van der Waals surface area contributed by atoms with Gasteiger partial charge in [0.05, 0.1) is 0 Å². The Kier molecular flexibility index (Phi) is 3.97. The molecule has 2 aliphatic heterocycles.